The number of rotatable bonds is 4. The topological polar surface area (TPSA) is 101 Å². The highest BCUT2D eigenvalue weighted by atomic mass is 32.2. The van der Waals surface area contributed by atoms with E-state index in [4.69, 9.17) is 10.3 Å². The van der Waals surface area contributed by atoms with Gasteiger partial charge in [-0.3, -0.25) is 4.55 Å². The molecular formula is C9H19NO4S. The van der Waals surface area contributed by atoms with Crippen molar-refractivity contribution in [3.8, 4) is 0 Å². The van der Waals surface area contributed by atoms with Gasteiger partial charge in [0.1, 0.15) is 5.75 Å². The van der Waals surface area contributed by atoms with Gasteiger partial charge in [-0.25, -0.2) is 0 Å². The van der Waals surface area contributed by atoms with Crippen LogP contribution in [0.3, 0.4) is 0 Å². The fraction of sp³-hybridized carbons (Fsp3) is 1.00. The first-order valence-corrected chi connectivity index (χ1v) is 6.86. The predicted octanol–water partition coefficient (Wildman–Crippen LogP) is 0.144. The van der Waals surface area contributed by atoms with Crippen LogP contribution in [-0.2, 0) is 10.1 Å². The van der Waals surface area contributed by atoms with Crippen LogP contribution in [0, 0.1) is 5.92 Å². The van der Waals surface area contributed by atoms with Crippen molar-refractivity contribution in [1.82, 2.24) is 0 Å². The average molecular weight is 237 g/mol. The minimum atomic E-state index is -4.17. The largest absolute Gasteiger partial charge is 0.387 e. The second kappa shape index (κ2) is 4.78. The molecule has 0 heterocycles. The van der Waals surface area contributed by atoms with Crippen LogP contribution in [-0.4, -0.2) is 36.0 Å². The molecule has 1 atom stereocenters. The summed E-state index contributed by atoms with van der Waals surface area (Å²) in [4.78, 5) is 0. The lowest BCUT2D eigenvalue weighted by atomic mass is 9.78. The normalized spacial score (nSPS) is 23.7. The van der Waals surface area contributed by atoms with Crippen LogP contribution in [0.15, 0.2) is 0 Å². The van der Waals surface area contributed by atoms with E-state index < -0.39 is 21.5 Å². The summed E-state index contributed by atoms with van der Waals surface area (Å²) in [7, 11) is -4.17. The van der Waals surface area contributed by atoms with Crippen LogP contribution in [0.4, 0.5) is 0 Å². The van der Waals surface area contributed by atoms with Crippen molar-refractivity contribution in [1.29, 1.82) is 0 Å². The lowest BCUT2D eigenvalue weighted by Gasteiger charge is -2.36. The third kappa shape index (κ3) is 3.71. The van der Waals surface area contributed by atoms with Gasteiger partial charge in [0.05, 0.1) is 5.60 Å². The molecule has 1 saturated carbocycles. The zero-order chi connectivity index (χ0) is 11.5. The van der Waals surface area contributed by atoms with E-state index in [1.54, 1.807) is 0 Å². The average Bonchev–Trinajstić information content (AvgIpc) is 2.16. The molecule has 0 bridgehead atoms. The maximum Gasteiger partial charge on any atom is 0.267 e. The van der Waals surface area contributed by atoms with Crippen molar-refractivity contribution in [2.24, 2.45) is 11.7 Å². The highest BCUT2D eigenvalue weighted by Crippen LogP contribution is 2.33. The summed E-state index contributed by atoms with van der Waals surface area (Å²) in [6, 6.07) is 0. The molecule has 1 aliphatic carbocycles. The lowest BCUT2D eigenvalue weighted by Crippen LogP contribution is -2.50. The third-order valence-corrected chi connectivity index (χ3v) is 4.02. The van der Waals surface area contributed by atoms with E-state index >= 15 is 0 Å². The molecule has 1 aliphatic rings. The fourth-order valence-electron chi connectivity index (χ4n) is 2.30. The fourth-order valence-corrected chi connectivity index (χ4v) is 3.28. The maximum atomic E-state index is 10.8. The summed E-state index contributed by atoms with van der Waals surface area (Å²) >= 11 is 0. The smallest absolute Gasteiger partial charge is 0.267 e. The van der Waals surface area contributed by atoms with Crippen LogP contribution >= 0.6 is 0 Å². The van der Waals surface area contributed by atoms with E-state index in [1.807, 2.05) is 0 Å². The number of aliphatic hydroxyl groups is 1. The molecule has 0 aromatic carbocycles. The molecule has 1 unspecified atom stereocenters. The molecule has 0 aromatic rings. The molecule has 0 amide bonds. The van der Waals surface area contributed by atoms with Gasteiger partial charge in [-0.2, -0.15) is 8.42 Å². The first kappa shape index (κ1) is 12.9. The van der Waals surface area contributed by atoms with Crippen molar-refractivity contribution >= 4 is 10.1 Å². The summed E-state index contributed by atoms with van der Waals surface area (Å²) in [5.41, 5.74) is 3.96. The van der Waals surface area contributed by atoms with Crippen LogP contribution in [0.2, 0.25) is 0 Å². The highest BCUT2D eigenvalue weighted by molar-refractivity contribution is 7.85. The molecule has 5 nitrogen and oxygen atoms in total. The Morgan fingerprint density at radius 1 is 1.27 bits per heavy atom. The standard InChI is InChI=1S/C9H19NO4S/c10-6-9(11,7-15(12,13)14)8-4-2-1-3-5-8/h8,11H,1-7,10H2,(H,12,13,14). The van der Waals surface area contributed by atoms with Crippen molar-refractivity contribution < 1.29 is 18.1 Å². The zero-order valence-electron chi connectivity index (χ0n) is 8.72. The van der Waals surface area contributed by atoms with Gasteiger partial charge >= 0.3 is 0 Å². The minimum Gasteiger partial charge on any atom is -0.387 e. The Kier molecular flexibility index (Phi) is 4.11. The molecule has 6 heteroatoms. The molecule has 1 rings (SSSR count). The molecule has 0 radical (unpaired) electrons. The van der Waals surface area contributed by atoms with Gasteiger partial charge in [0, 0.05) is 6.54 Å². The third-order valence-electron chi connectivity index (χ3n) is 3.15. The quantitative estimate of drug-likeness (QED) is 0.604. The first-order chi connectivity index (χ1) is 6.87. The molecule has 4 N–H and O–H groups in total. The Balaban J connectivity index is 2.73. The summed E-state index contributed by atoms with van der Waals surface area (Å²) in [6.45, 7) is -0.128. The van der Waals surface area contributed by atoms with Crippen LogP contribution in [0.25, 0.3) is 0 Å². The van der Waals surface area contributed by atoms with E-state index in [-0.39, 0.29) is 12.5 Å². The molecular weight excluding hydrogens is 218 g/mol. The van der Waals surface area contributed by atoms with Crippen LogP contribution in [0.1, 0.15) is 32.1 Å². The van der Waals surface area contributed by atoms with E-state index in [1.165, 1.54) is 0 Å². The molecule has 15 heavy (non-hydrogen) atoms. The lowest BCUT2D eigenvalue weighted by molar-refractivity contribution is -0.00607. The summed E-state index contributed by atoms with van der Waals surface area (Å²) in [5, 5.41) is 10.1. The monoisotopic (exact) mass is 237 g/mol. The molecule has 1 fully saturated rings. The van der Waals surface area contributed by atoms with Crippen molar-refractivity contribution in [3.63, 3.8) is 0 Å². The van der Waals surface area contributed by atoms with E-state index in [9.17, 15) is 13.5 Å². The Morgan fingerprint density at radius 2 is 1.80 bits per heavy atom. The van der Waals surface area contributed by atoms with Gasteiger partial charge < -0.3 is 10.8 Å². The number of nitrogens with two attached hydrogens (primary N) is 1. The van der Waals surface area contributed by atoms with Crippen LogP contribution < -0.4 is 5.73 Å². The molecule has 90 valence electrons. The highest BCUT2D eigenvalue weighted by Gasteiger charge is 2.39. The summed E-state index contributed by atoms with van der Waals surface area (Å²) in [6.07, 6.45) is 4.65. The van der Waals surface area contributed by atoms with Crippen molar-refractivity contribution in [2.75, 3.05) is 12.3 Å². The SMILES string of the molecule is NCC(O)(CS(=O)(=O)O)C1CCCCC1. The first-order valence-electron chi connectivity index (χ1n) is 5.25. The minimum absolute atomic E-state index is 0.113. The van der Waals surface area contributed by atoms with Gasteiger partial charge in [0.2, 0.25) is 0 Å². The van der Waals surface area contributed by atoms with E-state index in [2.05, 4.69) is 0 Å². The Morgan fingerprint density at radius 3 is 2.20 bits per heavy atom. The second-order valence-corrected chi connectivity index (χ2v) is 5.82. The van der Waals surface area contributed by atoms with Gasteiger partial charge in [0.15, 0.2) is 0 Å². The Bertz CT molecular complexity index is 297. The van der Waals surface area contributed by atoms with Gasteiger partial charge in [0.25, 0.3) is 10.1 Å². The molecule has 0 saturated heterocycles. The number of hydrogen-bond donors (Lipinski definition) is 3. The summed E-state index contributed by atoms with van der Waals surface area (Å²) in [5.74, 6) is -0.764. The van der Waals surface area contributed by atoms with Gasteiger partial charge in [-0.1, -0.05) is 19.3 Å². The predicted molar refractivity (Wildman–Crippen MR) is 57.0 cm³/mol. The van der Waals surface area contributed by atoms with Crippen LogP contribution in [0.5, 0.6) is 0 Å². The molecule has 0 aromatic heterocycles. The van der Waals surface area contributed by atoms with E-state index in [0.29, 0.717) is 0 Å². The Labute approximate surface area is 90.4 Å². The molecule has 0 aliphatic heterocycles. The van der Waals surface area contributed by atoms with Crippen molar-refractivity contribution in [3.05, 3.63) is 0 Å². The zero-order valence-corrected chi connectivity index (χ0v) is 9.54. The summed E-state index contributed by atoms with van der Waals surface area (Å²) < 4.78 is 30.3. The molecule has 0 spiro atoms. The van der Waals surface area contributed by atoms with Crippen molar-refractivity contribution in [2.45, 2.75) is 37.7 Å². The second-order valence-electron chi connectivity index (χ2n) is 4.37. The van der Waals surface area contributed by atoms with Gasteiger partial charge in [-0.15, -0.1) is 0 Å². The van der Waals surface area contributed by atoms with E-state index in [0.717, 1.165) is 32.1 Å². The maximum absolute atomic E-state index is 10.8. The van der Waals surface area contributed by atoms with Gasteiger partial charge in [-0.05, 0) is 18.8 Å². The number of hydrogen-bond acceptors (Lipinski definition) is 4. The Hall–Kier alpha value is -0.170.